The first kappa shape index (κ1) is 17.0. The Hall–Kier alpha value is -1.86. The Morgan fingerprint density at radius 3 is 2.50 bits per heavy atom. The third-order valence-corrected chi connectivity index (χ3v) is 4.39. The summed E-state index contributed by atoms with van der Waals surface area (Å²) < 4.78 is 16.6. The Morgan fingerprint density at radius 2 is 1.96 bits per heavy atom. The first-order valence-corrected chi connectivity index (χ1v) is 8.54. The van der Waals surface area contributed by atoms with Gasteiger partial charge in [-0.15, -0.1) is 0 Å². The van der Waals surface area contributed by atoms with Gasteiger partial charge < -0.3 is 24.4 Å². The molecule has 132 valence electrons. The summed E-state index contributed by atoms with van der Waals surface area (Å²) in [4.78, 5) is 18.7. The molecule has 2 atom stereocenters. The van der Waals surface area contributed by atoms with Gasteiger partial charge in [0.15, 0.2) is 0 Å². The van der Waals surface area contributed by atoms with E-state index in [0.29, 0.717) is 24.7 Å². The smallest absolute Gasteiger partial charge is 0.322 e. The van der Waals surface area contributed by atoms with Crippen LogP contribution in [0.3, 0.4) is 0 Å². The molecule has 1 N–H and O–H groups in total. The number of carbonyl (C=O) groups excluding carboxylic acids is 1. The highest BCUT2D eigenvalue weighted by atomic mass is 16.5. The second kappa shape index (κ2) is 8.30. The molecule has 1 aromatic rings. The number of ether oxygens (including phenoxy) is 3. The lowest BCUT2D eigenvalue weighted by atomic mass is 10.2. The second-order valence-electron chi connectivity index (χ2n) is 6.17. The molecule has 0 spiro atoms. The molecule has 0 aliphatic carbocycles. The number of urea groups is 1. The van der Waals surface area contributed by atoms with E-state index in [0.717, 1.165) is 38.9 Å². The lowest BCUT2D eigenvalue weighted by molar-refractivity contribution is 0.0524. The van der Waals surface area contributed by atoms with Crippen molar-refractivity contribution < 1.29 is 19.0 Å². The van der Waals surface area contributed by atoms with E-state index in [1.54, 1.807) is 23.2 Å². The minimum atomic E-state index is -0.174. The summed E-state index contributed by atoms with van der Waals surface area (Å²) in [7, 11) is 1.54. The first-order valence-electron chi connectivity index (χ1n) is 8.54. The number of carbonyl (C=O) groups is 1. The van der Waals surface area contributed by atoms with Crippen LogP contribution >= 0.6 is 0 Å². The molecular weight excluding hydrogens is 310 g/mol. The molecule has 7 nitrogen and oxygen atoms in total. The van der Waals surface area contributed by atoms with E-state index >= 15 is 0 Å². The van der Waals surface area contributed by atoms with Crippen LogP contribution in [-0.4, -0.2) is 61.5 Å². The molecule has 24 heavy (non-hydrogen) atoms. The van der Waals surface area contributed by atoms with Crippen molar-refractivity contribution in [3.63, 3.8) is 0 Å². The molecule has 2 unspecified atom stereocenters. The number of anilines is 1. The molecule has 2 aliphatic heterocycles. The number of nitrogens with zero attached hydrogens (tertiary/aromatic N) is 2. The third-order valence-electron chi connectivity index (χ3n) is 4.39. The largest absolute Gasteiger partial charge is 0.480 e. The maximum Gasteiger partial charge on any atom is 0.322 e. The van der Waals surface area contributed by atoms with E-state index in [2.05, 4.69) is 10.3 Å². The fraction of sp³-hybridized carbons (Fsp3) is 0.647. The summed E-state index contributed by atoms with van der Waals surface area (Å²) in [6.07, 6.45) is 5.93. The number of rotatable bonds is 6. The van der Waals surface area contributed by atoms with Crippen molar-refractivity contribution in [2.75, 3.05) is 38.7 Å². The van der Waals surface area contributed by atoms with Crippen LogP contribution in [0.15, 0.2) is 18.3 Å². The zero-order valence-electron chi connectivity index (χ0n) is 14.1. The first-order chi connectivity index (χ1) is 11.8. The molecule has 3 heterocycles. The number of amides is 2. The monoisotopic (exact) mass is 335 g/mol. The lowest BCUT2D eigenvalue weighted by Gasteiger charge is -2.28. The van der Waals surface area contributed by atoms with Crippen molar-refractivity contribution in [2.45, 2.75) is 37.9 Å². The van der Waals surface area contributed by atoms with E-state index in [1.165, 1.54) is 7.11 Å². The SMILES string of the molecule is COc1ncccc1NC(=O)N(CC1CCCO1)CC1CCCO1. The quantitative estimate of drug-likeness (QED) is 0.863. The van der Waals surface area contributed by atoms with Crippen LogP contribution in [0.5, 0.6) is 5.88 Å². The van der Waals surface area contributed by atoms with Crippen molar-refractivity contribution in [2.24, 2.45) is 0 Å². The molecule has 2 amide bonds. The summed E-state index contributed by atoms with van der Waals surface area (Å²) in [5, 5.41) is 2.90. The highest BCUT2D eigenvalue weighted by molar-refractivity contribution is 5.90. The van der Waals surface area contributed by atoms with Gasteiger partial charge >= 0.3 is 6.03 Å². The minimum absolute atomic E-state index is 0.105. The fourth-order valence-electron chi connectivity index (χ4n) is 3.15. The van der Waals surface area contributed by atoms with Crippen molar-refractivity contribution in [3.05, 3.63) is 18.3 Å². The topological polar surface area (TPSA) is 72.9 Å². The lowest BCUT2D eigenvalue weighted by Crippen LogP contribution is -2.44. The van der Waals surface area contributed by atoms with Crippen LogP contribution in [-0.2, 0) is 9.47 Å². The third kappa shape index (κ3) is 4.36. The number of nitrogens with one attached hydrogen (secondary N) is 1. The van der Waals surface area contributed by atoms with E-state index in [4.69, 9.17) is 14.2 Å². The van der Waals surface area contributed by atoms with Gasteiger partial charge in [-0.3, -0.25) is 0 Å². The van der Waals surface area contributed by atoms with E-state index in [1.807, 2.05) is 0 Å². The van der Waals surface area contributed by atoms with Gasteiger partial charge in [0.05, 0.1) is 19.3 Å². The molecule has 0 saturated carbocycles. The molecule has 0 bridgehead atoms. The molecule has 1 aromatic heterocycles. The summed E-state index contributed by atoms with van der Waals surface area (Å²) in [6, 6.07) is 3.37. The number of methoxy groups -OCH3 is 1. The molecule has 3 rings (SSSR count). The van der Waals surface area contributed by atoms with Crippen LogP contribution in [0.1, 0.15) is 25.7 Å². The molecule has 2 aliphatic rings. The number of hydrogen-bond donors (Lipinski definition) is 1. The Balaban J connectivity index is 1.66. The number of aromatic nitrogens is 1. The van der Waals surface area contributed by atoms with Crippen LogP contribution in [0.25, 0.3) is 0 Å². The van der Waals surface area contributed by atoms with Crippen LogP contribution in [0.4, 0.5) is 10.5 Å². The van der Waals surface area contributed by atoms with Gasteiger partial charge in [-0.05, 0) is 37.8 Å². The van der Waals surface area contributed by atoms with Crippen LogP contribution in [0.2, 0.25) is 0 Å². The molecule has 7 heteroatoms. The van der Waals surface area contributed by atoms with Crippen molar-refractivity contribution in [3.8, 4) is 5.88 Å². The zero-order chi connectivity index (χ0) is 16.8. The van der Waals surface area contributed by atoms with Gasteiger partial charge in [-0.25, -0.2) is 9.78 Å². The van der Waals surface area contributed by atoms with Crippen molar-refractivity contribution in [1.82, 2.24) is 9.88 Å². The molecule has 0 radical (unpaired) electrons. The highest BCUT2D eigenvalue weighted by Gasteiger charge is 2.27. The maximum atomic E-state index is 12.8. The van der Waals surface area contributed by atoms with Gasteiger partial charge in [0.2, 0.25) is 5.88 Å². The minimum Gasteiger partial charge on any atom is -0.480 e. The normalized spacial score (nSPS) is 23.2. The van der Waals surface area contributed by atoms with Crippen LogP contribution in [0, 0.1) is 0 Å². The van der Waals surface area contributed by atoms with E-state index in [9.17, 15) is 4.79 Å². The van der Waals surface area contributed by atoms with Crippen molar-refractivity contribution in [1.29, 1.82) is 0 Å². The Kier molecular flexibility index (Phi) is 5.87. The van der Waals surface area contributed by atoms with Crippen molar-refractivity contribution >= 4 is 11.7 Å². The molecule has 2 fully saturated rings. The summed E-state index contributed by atoms with van der Waals surface area (Å²) >= 11 is 0. The maximum absolute atomic E-state index is 12.8. The fourth-order valence-corrected chi connectivity index (χ4v) is 3.15. The molecule has 2 saturated heterocycles. The molecular formula is C17H25N3O4. The summed E-state index contributed by atoms with van der Waals surface area (Å²) in [5.74, 6) is 0.403. The highest BCUT2D eigenvalue weighted by Crippen LogP contribution is 2.22. The van der Waals surface area contributed by atoms with Gasteiger partial charge in [0, 0.05) is 32.5 Å². The Labute approximate surface area is 142 Å². The number of hydrogen-bond acceptors (Lipinski definition) is 5. The van der Waals surface area contributed by atoms with Gasteiger partial charge in [0.25, 0.3) is 0 Å². The summed E-state index contributed by atoms with van der Waals surface area (Å²) in [5.41, 5.74) is 0.565. The average molecular weight is 335 g/mol. The molecule has 0 aromatic carbocycles. The zero-order valence-corrected chi connectivity index (χ0v) is 14.1. The average Bonchev–Trinajstić information content (AvgIpc) is 3.28. The van der Waals surface area contributed by atoms with E-state index in [-0.39, 0.29) is 18.2 Å². The predicted molar refractivity (Wildman–Crippen MR) is 89.3 cm³/mol. The predicted octanol–water partition coefficient (Wildman–Crippen LogP) is 2.28. The summed E-state index contributed by atoms with van der Waals surface area (Å²) in [6.45, 7) is 2.70. The van der Waals surface area contributed by atoms with Gasteiger partial charge in [0.1, 0.15) is 5.69 Å². The standard InChI is InChI=1S/C17H25N3O4/c1-22-16-15(7-2-8-18-16)19-17(21)20(11-13-5-3-9-23-13)12-14-6-4-10-24-14/h2,7-8,13-14H,3-6,9-12H2,1H3,(H,19,21). The Bertz CT molecular complexity index is 524. The number of pyridine rings is 1. The second-order valence-corrected chi connectivity index (χ2v) is 6.17. The van der Waals surface area contributed by atoms with E-state index < -0.39 is 0 Å². The van der Waals surface area contributed by atoms with Crippen LogP contribution < -0.4 is 10.1 Å². The van der Waals surface area contributed by atoms with Gasteiger partial charge in [-0.2, -0.15) is 0 Å². The van der Waals surface area contributed by atoms with Gasteiger partial charge in [-0.1, -0.05) is 0 Å². The Morgan fingerprint density at radius 1 is 1.29 bits per heavy atom.